The zero-order valence-electron chi connectivity index (χ0n) is 18.4. The Morgan fingerprint density at radius 3 is 2.58 bits per heavy atom. The number of carbonyl (C=O) groups is 1. The van der Waals surface area contributed by atoms with Gasteiger partial charge >= 0.3 is 0 Å². The summed E-state index contributed by atoms with van der Waals surface area (Å²) in [5, 5.41) is 9.05. The van der Waals surface area contributed by atoms with Crippen molar-refractivity contribution in [3.05, 3.63) is 71.8 Å². The van der Waals surface area contributed by atoms with Crippen LogP contribution in [0, 0.1) is 0 Å². The van der Waals surface area contributed by atoms with Crippen LogP contribution in [0.25, 0.3) is 6.08 Å². The second-order valence-corrected chi connectivity index (χ2v) is 9.77. The Bertz CT molecular complexity index is 1170. The summed E-state index contributed by atoms with van der Waals surface area (Å²) in [6.45, 7) is 0.219. The van der Waals surface area contributed by atoms with E-state index < -0.39 is 10.0 Å². The van der Waals surface area contributed by atoms with Crippen LogP contribution in [0.2, 0.25) is 0 Å². The zero-order valence-corrected chi connectivity index (χ0v) is 19.2. The van der Waals surface area contributed by atoms with Gasteiger partial charge in [0.2, 0.25) is 5.91 Å². The molecule has 1 fully saturated rings. The molecule has 1 aliphatic heterocycles. The fourth-order valence-electron chi connectivity index (χ4n) is 4.08. The van der Waals surface area contributed by atoms with E-state index in [1.54, 1.807) is 30.5 Å². The van der Waals surface area contributed by atoms with Crippen molar-refractivity contribution in [3.63, 3.8) is 0 Å². The number of sulfonamides is 1. The lowest BCUT2D eigenvalue weighted by Crippen LogP contribution is -2.38. The third-order valence-corrected chi connectivity index (χ3v) is 7.08. The lowest BCUT2D eigenvalue weighted by Gasteiger charge is -2.23. The van der Waals surface area contributed by atoms with E-state index in [1.165, 1.54) is 17.5 Å². The summed E-state index contributed by atoms with van der Waals surface area (Å²) >= 11 is 0. The van der Waals surface area contributed by atoms with E-state index in [0.717, 1.165) is 31.2 Å². The van der Waals surface area contributed by atoms with Gasteiger partial charge in [-0.2, -0.15) is 13.5 Å². The summed E-state index contributed by atoms with van der Waals surface area (Å²) in [5.74, 6) is 0.178. The monoisotopic (exact) mass is 464 g/mol. The minimum absolute atomic E-state index is 0.0586. The predicted molar refractivity (Wildman–Crippen MR) is 130 cm³/mol. The number of hydrogen-bond acceptors (Lipinski definition) is 5. The third-order valence-electron chi connectivity index (χ3n) is 5.76. The molecule has 1 heterocycles. The van der Waals surface area contributed by atoms with E-state index in [9.17, 15) is 13.2 Å². The molecule has 33 heavy (non-hydrogen) atoms. The van der Waals surface area contributed by atoms with Crippen molar-refractivity contribution in [1.82, 2.24) is 10.3 Å². The van der Waals surface area contributed by atoms with Crippen molar-refractivity contribution in [2.45, 2.75) is 49.5 Å². The van der Waals surface area contributed by atoms with E-state index in [2.05, 4.69) is 14.8 Å². The molecule has 8 heteroatoms. The quantitative estimate of drug-likeness (QED) is 0.496. The summed E-state index contributed by atoms with van der Waals surface area (Å²) in [7, 11) is -3.78. The van der Waals surface area contributed by atoms with Gasteiger partial charge in [-0.25, -0.2) is 5.01 Å². The maximum Gasteiger partial charge on any atom is 0.285 e. The number of hydrogen-bond donors (Lipinski definition) is 1. The first-order valence-corrected chi connectivity index (χ1v) is 12.7. The summed E-state index contributed by atoms with van der Waals surface area (Å²) in [4.78, 5) is 12.7. The number of nitrogens with one attached hydrogen (secondary N) is 1. The van der Waals surface area contributed by atoms with Gasteiger partial charge in [0.05, 0.1) is 6.54 Å². The summed E-state index contributed by atoms with van der Waals surface area (Å²) in [6, 6.07) is 16.7. The number of benzene rings is 2. The summed E-state index contributed by atoms with van der Waals surface area (Å²) in [6.07, 6.45) is 11.0. The van der Waals surface area contributed by atoms with E-state index in [4.69, 9.17) is 0 Å². The molecule has 1 saturated carbocycles. The molecule has 0 spiro atoms. The van der Waals surface area contributed by atoms with Crippen LogP contribution >= 0.6 is 0 Å². The average molecular weight is 465 g/mol. The molecule has 4 rings (SSSR count). The number of rotatable bonds is 7. The molecular formula is C25H28N4O3S. The molecule has 1 amide bonds. The van der Waals surface area contributed by atoms with Crippen molar-refractivity contribution in [1.29, 1.82) is 0 Å². The van der Waals surface area contributed by atoms with Crippen LogP contribution in [-0.2, 0) is 14.8 Å². The molecule has 172 valence electrons. The fraction of sp³-hybridized carbons (Fsp3) is 0.320. The molecule has 7 nitrogen and oxygen atoms in total. The minimum Gasteiger partial charge on any atom is -0.353 e. The van der Waals surface area contributed by atoms with Gasteiger partial charge < -0.3 is 5.32 Å². The largest absolute Gasteiger partial charge is 0.353 e. The molecule has 2 aromatic carbocycles. The molecule has 0 atom stereocenters. The molecular weight excluding hydrogens is 436 g/mol. The summed E-state index contributed by atoms with van der Waals surface area (Å²) < 4.78 is 29.0. The summed E-state index contributed by atoms with van der Waals surface area (Å²) in [5.41, 5.74) is 1.52. The molecule has 2 aliphatic rings. The van der Waals surface area contributed by atoms with Crippen molar-refractivity contribution in [2.24, 2.45) is 9.50 Å². The Kier molecular flexibility index (Phi) is 7.34. The van der Waals surface area contributed by atoms with E-state index in [0.29, 0.717) is 5.56 Å². The van der Waals surface area contributed by atoms with Gasteiger partial charge in [-0.15, -0.1) is 4.40 Å². The van der Waals surface area contributed by atoms with Gasteiger partial charge in [0, 0.05) is 24.2 Å². The predicted octanol–water partition coefficient (Wildman–Crippen LogP) is 3.98. The van der Waals surface area contributed by atoms with Crippen LogP contribution in [0.4, 0.5) is 0 Å². The Morgan fingerprint density at radius 2 is 1.79 bits per heavy atom. The lowest BCUT2D eigenvalue weighted by atomic mass is 9.95. The van der Waals surface area contributed by atoms with E-state index in [1.807, 2.05) is 36.4 Å². The standard InChI is InChI=1S/C25H28N4O3S/c30-24(27-21-13-5-2-6-14-21)17-19-29(26-18-9-12-20-10-3-1-4-11-20)25-22-15-7-8-16-23(22)33(31,32)28-25/h1,3-4,7-12,15-16,18,21H,2,5-6,13-14,17,19H2,(H,27,30). The topological polar surface area (TPSA) is 91.2 Å². The van der Waals surface area contributed by atoms with Gasteiger partial charge in [0.1, 0.15) is 4.90 Å². The Hall–Kier alpha value is -3.26. The SMILES string of the molecule is O=C(CCN(N=CC=Cc1ccccc1)C1=NS(=O)(=O)c2ccccc21)NC1CCCCC1. The Labute approximate surface area is 195 Å². The maximum atomic E-state index is 12.6. The number of carbonyl (C=O) groups excluding carboxylic acids is 1. The average Bonchev–Trinajstić information content (AvgIpc) is 3.11. The number of hydrazone groups is 1. The van der Waals surface area contributed by atoms with Crippen LogP contribution in [0.15, 0.2) is 75.1 Å². The van der Waals surface area contributed by atoms with Crippen LogP contribution in [-0.4, -0.2) is 44.0 Å². The normalized spacial score (nSPS) is 17.8. The highest BCUT2D eigenvalue weighted by Crippen LogP contribution is 2.27. The van der Waals surface area contributed by atoms with Gasteiger partial charge in [-0.05, 0) is 36.6 Å². The van der Waals surface area contributed by atoms with Gasteiger partial charge in [0.25, 0.3) is 10.0 Å². The van der Waals surface area contributed by atoms with E-state index in [-0.39, 0.29) is 35.6 Å². The number of amidine groups is 1. The van der Waals surface area contributed by atoms with Crippen molar-refractivity contribution in [2.75, 3.05) is 6.54 Å². The highest BCUT2D eigenvalue weighted by Gasteiger charge is 2.31. The zero-order chi connectivity index (χ0) is 23.1. The third kappa shape index (κ3) is 5.96. The Morgan fingerprint density at radius 1 is 1.06 bits per heavy atom. The van der Waals surface area contributed by atoms with Gasteiger partial charge in [-0.3, -0.25) is 4.79 Å². The molecule has 1 N–H and O–H groups in total. The molecule has 1 aliphatic carbocycles. The van der Waals surface area contributed by atoms with Crippen LogP contribution in [0.1, 0.15) is 49.7 Å². The number of allylic oxidation sites excluding steroid dienone is 1. The highest BCUT2D eigenvalue weighted by atomic mass is 32.2. The first-order valence-electron chi connectivity index (χ1n) is 11.3. The molecule has 0 aromatic heterocycles. The van der Waals surface area contributed by atoms with Gasteiger partial charge in [-0.1, -0.05) is 67.8 Å². The minimum atomic E-state index is -3.78. The Balaban J connectivity index is 1.50. The van der Waals surface area contributed by atoms with Crippen molar-refractivity contribution >= 4 is 34.1 Å². The van der Waals surface area contributed by atoms with Crippen molar-refractivity contribution < 1.29 is 13.2 Å². The lowest BCUT2D eigenvalue weighted by molar-refractivity contribution is -0.122. The number of amides is 1. The highest BCUT2D eigenvalue weighted by molar-refractivity contribution is 7.90. The first-order chi connectivity index (χ1) is 16.0. The molecule has 0 radical (unpaired) electrons. The molecule has 0 bridgehead atoms. The van der Waals surface area contributed by atoms with E-state index >= 15 is 0 Å². The first kappa shape index (κ1) is 22.9. The number of nitrogens with zero attached hydrogens (tertiary/aromatic N) is 3. The molecule has 0 unspecified atom stereocenters. The molecule has 0 saturated heterocycles. The molecule has 2 aromatic rings. The maximum absolute atomic E-state index is 12.6. The number of fused-ring (bicyclic) bond motifs is 1. The van der Waals surface area contributed by atoms with Gasteiger partial charge in [0.15, 0.2) is 5.84 Å². The van der Waals surface area contributed by atoms with Crippen LogP contribution in [0.3, 0.4) is 0 Å². The second kappa shape index (κ2) is 10.6. The smallest absolute Gasteiger partial charge is 0.285 e. The second-order valence-electron chi connectivity index (χ2n) is 8.20. The van der Waals surface area contributed by atoms with Crippen LogP contribution in [0.5, 0.6) is 0 Å². The fourth-order valence-corrected chi connectivity index (χ4v) is 5.29. The van der Waals surface area contributed by atoms with Crippen molar-refractivity contribution in [3.8, 4) is 0 Å². The van der Waals surface area contributed by atoms with Crippen LogP contribution < -0.4 is 5.32 Å².